The molecule has 8 nitrogen and oxygen atoms in total. The van der Waals surface area contributed by atoms with Gasteiger partial charge in [0, 0.05) is 16.7 Å². The molecule has 9 heteroatoms. The highest BCUT2D eigenvalue weighted by atomic mass is 32.2. The summed E-state index contributed by atoms with van der Waals surface area (Å²) in [6.45, 7) is 2.08. The van der Waals surface area contributed by atoms with Crippen LogP contribution in [0.5, 0.6) is 5.75 Å². The maximum atomic E-state index is 12.6. The second-order valence-electron chi connectivity index (χ2n) is 7.25. The van der Waals surface area contributed by atoms with E-state index in [9.17, 15) is 9.59 Å². The largest absolute Gasteiger partial charge is 0.491 e. The number of amides is 2. The van der Waals surface area contributed by atoms with Gasteiger partial charge in [-0.3, -0.25) is 15.3 Å². The second kappa shape index (κ2) is 14.2. The van der Waals surface area contributed by atoms with Crippen LogP contribution < -0.4 is 15.5 Å². The lowest BCUT2D eigenvalue weighted by molar-refractivity contribution is -0.124. The van der Waals surface area contributed by atoms with Gasteiger partial charge in [0.25, 0.3) is 5.91 Å². The van der Waals surface area contributed by atoms with Crippen molar-refractivity contribution >= 4 is 29.4 Å². The van der Waals surface area contributed by atoms with Gasteiger partial charge in [-0.05, 0) is 67.0 Å². The molecule has 4 N–H and O–H groups in total. The Morgan fingerprint density at radius 1 is 1.12 bits per heavy atom. The Balaban J connectivity index is 2.10. The highest BCUT2D eigenvalue weighted by Crippen LogP contribution is 2.31. The van der Waals surface area contributed by atoms with E-state index in [1.54, 1.807) is 35.5 Å². The minimum absolute atomic E-state index is 0.0688. The third kappa shape index (κ3) is 9.17. The number of aliphatic hydroxyl groups is 1. The molecule has 0 heterocycles. The first-order valence-electron chi connectivity index (χ1n) is 10.5. The highest BCUT2D eigenvalue weighted by Gasteiger charge is 2.23. The molecule has 2 aromatic rings. The van der Waals surface area contributed by atoms with E-state index in [4.69, 9.17) is 19.8 Å². The van der Waals surface area contributed by atoms with Gasteiger partial charge >= 0.3 is 6.09 Å². The fourth-order valence-corrected chi connectivity index (χ4v) is 3.51. The normalized spacial score (nSPS) is 12.7. The summed E-state index contributed by atoms with van der Waals surface area (Å²) in [5.74, 6) is -0.0584. The lowest BCUT2D eigenvalue weighted by Gasteiger charge is -2.25. The summed E-state index contributed by atoms with van der Waals surface area (Å²) in [5, 5.41) is 20.2. The number of nitrogens with one attached hydrogen (secondary N) is 2. The zero-order valence-corrected chi connectivity index (χ0v) is 19.5. The molecule has 0 unspecified atom stereocenters. The molecule has 33 heavy (non-hydrogen) atoms. The molecule has 0 bridgehead atoms. The number of benzene rings is 2. The predicted molar refractivity (Wildman–Crippen MR) is 128 cm³/mol. The van der Waals surface area contributed by atoms with Crippen molar-refractivity contribution in [1.29, 1.82) is 0 Å². The molecule has 0 radical (unpaired) electrons. The summed E-state index contributed by atoms with van der Waals surface area (Å²) in [7, 11) is 0. The molecule has 0 aliphatic rings. The van der Waals surface area contributed by atoms with Gasteiger partial charge in [-0.1, -0.05) is 25.1 Å². The van der Waals surface area contributed by atoms with Crippen molar-refractivity contribution < 1.29 is 29.4 Å². The standard InChI is InChI=1S/C24H30N2O6S/c1-17(5-3-4-6-22(28)26-30)23(18-7-11-20(12-8-18)31-16-15-27)32-24(29)25-19-9-13-21(33-2)14-10-19/h4,6-14,17,23,27,30H,3,5,15-16H2,1-2H3,(H,25,29)(H,26,28)/b6-4+/t17-,23+/m1/s1. The first-order chi connectivity index (χ1) is 16.0. The van der Waals surface area contributed by atoms with Gasteiger partial charge in [0.05, 0.1) is 6.61 Å². The van der Waals surface area contributed by atoms with Crippen LogP contribution in [0.1, 0.15) is 31.4 Å². The van der Waals surface area contributed by atoms with Crippen LogP contribution in [0.3, 0.4) is 0 Å². The van der Waals surface area contributed by atoms with Crippen molar-refractivity contribution in [3.8, 4) is 5.75 Å². The van der Waals surface area contributed by atoms with Gasteiger partial charge in [-0.2, -0.15) is 0 Å². The number of hydroxylamine groups is 1. The van der Waals surface area contributed by atoms with Crippen LogP contribution in [0.4, 0.5) is 10.5 Å². The number of hydrogen-bond donors (Lipinski definition) is 4. The number of rotatable bonds is 12. The zero-order chi connectivity index (χ0) is 24.1. The zero-order valence-electron chi connectivity index (χ0n) is 18.7. The molecule has 2 aromatic carbocycles. The van der Waals surface area contributed by atoms with E-state index < -0.39 is 18.1 Å². The van der Waals surface area contributed by atoms with Crippen molar-refractivity contribution in [2.24, 2.45) is 5.92 Å². The van der Waals surface area contributed by atoms with E-state index in [2.05, 4.69) is 5.32 Å². The SMILES string of the molecule is CSc1ccc(NC(=O)O[C@H](c2ccc(OCCO)cc2)[C@H](C)CC/C=C/C(=O)NO)cc1. The third-order valence-corrected chi connectivity index (χ3v) is 5.57. The van der Waals surface area contributed by atoms with E-state index >= 15 is 0 Å². The number of carbonyl (C=O) groups excluding carboxylic acids is 2. The molecular formula is C24H30N2O6S. The van der Waals surface area contributed by atoms with E-state index in [0.717, 1.165) is 10.5 Å². The van der Waals surface area contributed by atoms with Crippen molar-refractivity contribution in [1.82, 2.24) is 5.48 Å². The molecule has 0 spiro atoms. The summed E-state index contributed by atoms with van der Waals surface area (Å²) < 4.78 is 11.2. The quantitative estimate of drug-likeness (QED) is 0.154. The monoisotopic (exact) mass is 474 g/mol. The smallest absolute Gasteiger partial charge is 0.412 e. The number of allylic oxidation sites excluding steroid dienone is 1. The molecule has 0 saturated carbocycles. The topological polar surface area (TPSA) is 117 Å². The van der Waals surface area contributed by atoms with Crippen LogP contribution in [-0.2, 0) is 9.53 Å². The summed E-state index contributed by atoms with van der Waals surface area (Å²) in [6, 6.07) is 14.6. The maximum Gasteiger partial charge on any atom is 0.412 e. The van der Waals surface area contributed by atoms with Crippen molar-refractivity contribution in [2.75, 3.05) is 24.8 Å². The first kappa shape index (κ1) is 26.2. The van der Waals surface area contributed by atoms with Crippen molar-refractivity contribution in [3.05, 3.63) is 66.2 Å². The van der Waals surface area contributed by atoms with E-state index in [1.165, 1.54) is 6.08 Å². The van der Waals surface area contributed by atoms with Crippen molar-refractivity contribution in [2.45, 2.75) is 30.8 Å². The van der Waals surface area contributed by atoms with Crippen LogP contribution in [0, 0.1) is 5.92 Å². The maximum absolute atomic E-state index is 12.6. The predicted octanol–water partition coefficient (Wildman–Crippen LogP) is 4.55. The van der Waals surface area contributed by atoms with Gasteiger partial charge in [0.15, 0.2) is 0 Å². The minimum Gasteiger partial charge on any atom is -0.491 e. The Labute approximate surface area is 197 Å². The van der Waals surface area contributed by atoms with Crippen molar-refractivity contribution in [3.63, 3.8) is 0 Å². The summed E-state index contributed by atoms with van der Waals surface area (Å²) >= 11 is 1.61. The molecule has 0 fully saturated rings. The Kier molecular flexibility index (Phi) is 11.3. The summed E-state index contributed by atoms with van der Waals surface area (Å²) in [5.41, 5.74) is 2.98. The average Bonchev–Trinajstić information content (AvgIpc) is 2.84. The molecule has 0 aliphatic carbocycles. The fraction of sp³-hybridized carbons (Fsp3) is 0.333. The lowest BCUT2D eigenvalue weighted by Crippen LogP contribution is -2.22. The van der Waals surface area contributed by atoms with E-state index in [0.29, 0.717) is 24.3 Å². The molecule has 2 atom stereocenters. The van der Waals surface area contributed by atoms with Gasteiger partial charge in [-0.15, -0.1) is 11.8 Å². The number of thioether (sulfide) groups is 1. The van der Waals surface area contributed by atoms with Gasteiger partial charge in [-0.25, -0.2) is 10.3 Å². The average molecular weight is 475 g/mol. The lowest BCUT2D eigenvalue weighted by atomic mass is 9.93. The number of anilines is 1. The van der Waals surface area contributed by atoms with Crippen LogP contribution in [0.15, 0.2) is 65.6 Å². The Hall–Kier alpha value is -3.01. The van der Waals surface area contributed by atoms with Crippen LogP contribution in [0.2, 0.25) is 0 Å². The van der Waals surface area contributed by atoms with Crippen LogP contribution in [0.25, 0.3) is 0 Å². The number of ether oxygens (including phenoxy) is 2. The van der Waals surface area contributed by atoms with E-state index in [-0.39, 0.29) is 19.1 Å². The van der Waals surface area contributed by atoms with E-state index in [1.807, 2.05) is 49.6 Å². The summed E-state index contributed by atoms with van der Waals surface area (Å²) in [6.07, 6.45) is 4.97. The molecule has 178 valence electrons. The molecule has 2 rings (SSSR count). The molecule has 0 aliphatic heterocycles. The Bertz CT molecular complexity index is 902. The van der Waals surface area contributed by atoms with Gasteiger partial charge < -0.3 is 14.6 Å². The highest BCUT2D eigenvalue weighted by molar-refractivity contribution is 7.98. The third-order valence-electron chi connectivity index (χ3n) is 4.82. The van der Waals surface area contributed by atoms with Crippen LogP contribution >= 0.6 is 11.8 Å². The molecule has 0 aromatic heterocycles. The Morgan fingerprint density at radius 2 is 1.82 bits per heavy atom. The minimum atomic E-state index is -0.596. The number of carbonyl (C=O) groups is 2. The summed E-state index contributed by atoms with van der Waals surface area (Å²) in [4.78, 5) is 24.8. The molecular weight excluding hydrogens is 444 g/mol. The number of hydrogen-bond acceptors (Lipinski definition) is 7. The van der Waals surface area contributed by atoms with Gasteiger partial charge in [0.2, 0.25) is 0 Å². The number of aliphatic hydroxyl groups excluding tert-OH is 1. The van der Waals surface area contributed by atoms with Crippen LogP contribution in [-0.4, -0.2) is 41.8 Å². The molecule has 2 amide bonds. The Morgan fingerprint density at radius 3 is 2.42 bits per heavy atom. The van der Waals surface area contributed by atoms with Gasteiger partial charge in [0.1, 0.15) is 18.5 Å². The first-order valence-corrected chi connectivity index (χ1v) is 11.7. The fourth-order valence-electron chi connectivity index (χ4n) is 3.11. The second-order valence-corrected chi connectivity index (χ2v) is 8.13. The molecule has 0 saturated heterocycles.